The predicted molar refractivity (Wildman–Crippen MR) is 106 cm³/mol. The lowest BCUT2D eigenvalue weighted by Crippen LogP contribution is -2.44. The van der Waals surface area contributed by atoms with Gasteiger partial charge < -0.3 is 14.7 Å². The minimum absolute atomic E-state index is 0.217. The first-order valence-corrected chi connectivity index (χ1v) is 9.80. The van der Waals surface area contributed by atoms with Crippen LogP contribution < -0.4 is 4.90 Å². The Hall–Kier alpha value is -2.18. The van der Waals surface area contributed by atoms with E-state index in [1.54, 1.807) is 6.07 Å². The number of phenols is 1. The lowest BCUT2D eigenvalue weighted by molar-refractivity contribution is 0.0974. The molecule has 3 heterocycles. The minimum Gasteiger partial charge on any atom is -0.507 e. The number of phenolic OH excluding ortho intramolecular Hbond substituents is 1. The van der Waals surface area contributed by atoms with Crippen molar-refractivity contribution in [1.82, 2.24) is 14.9 Å². The molecule has 0 bridgehead atoms. The smallest absolute Gasteiger partial charge is 0.165 e. The largest absolute Gasteiger partial charge is 0.507 e. The Morgan fingerprint density at radius 3 is 2.56 bits per heavy atom. The van der Waals surface area contributed by atoms with E-state index in [-0.39, 0.29) is 5.75 Å². The summed E-state index contributed by atoms with van der Waals surface area (Å²) in [5, 5.41) is 10.1. The van der Waals surface area contributed by atoms with Crippen LogP contribution in [0.15, 0.2) is 30.3 Å². The predicted octanol–water partition coefficient (Wildman–Crippen LogP) is 2.85. The highest BCUT2D eigenvalue weighted by Gasteiger charge is 2.31. The second-order valence-corrected chi connectivity index (χ2v) is 7.57. The molecule has 0 aliphatic carbocycles. The number of hydrogen-bond acceptors (Lipinski definition) is 6. The Bertz CT molecular complexity index is 790. The third-order valence-corrected chi connectivity index (χ3v) is 5.80. The normalized spacial score (nSPS) is 21.7. The lowest BCUT2D eigenvalue weighted by atomic mass is 10.0. The zero-order chi connectivity index (χ0) is 18.8. The van der Waals surface area contributed by atoms with Crippen LogP contribution in [0.1, 0.15) is 25.0 Å². The van der Waals surface area contributed by atoms with Crippen LogP contribution in [0.3, 0.4) is 0 Å². The number of ether oxygens (including phenoxy) is 1. The topological polar surface area (TPSA) is 61.7 Å². The van der Waals surface area contributed by atoms with Crippen LogP contribution in [-0.4, -0.2) is 65.4 Å². The standard InChI is InChI=1S/C21H28N4O2/c1-15-13-20(23-21(22-15)18-5-3-4-6-19(18)26)24-10-7-16(8-11-24)25-12-9-17(14-25)27-2/h3-6,13,16-17,26H,7-12,14H2,1-2H3/t17-/m1/s1. The van der Waals surface area contributed by atoms with E-state index in [1.807, 2.05) is 38.3 Å². The fourth-order valence-corrected chi connectivity index (χ4v) is 4.24. The first-order chi connectivity index (χ1) is 13.1. The molecule has 6 heteroatoms. The Balaban J connectivity index is 1.46. The molecule has 1 aromatic heterocycles. The number of aromatic nitrogens is 2. The van der Waals surface area contributed by atoms with Gasteiger partial charge in [0, 0.05) is 51.1 Å². The monoisotopic (exact) mass is 368 g/mol. The number of anilines is 1. The summed E-state index contributed by atoms with van der Waals surface area (Å²) in [4.78, 5) is 14.2. The summed E-state index contributed by atoms with van der Waals surface area (Å²) in [6.07, 6.45) is 3.83. The number of methoxy groups -OCH3 is 1. The van der Waals surface area contributed by atoms with Crippen LogP contribution >= 0.6 is 0 Å². The van der Waals surface area contributed by atoms with Crippen LogP contribution in [0.5, 0.6) is 5.75 Å². The molecule has 2 aliphatic rings. The summed E-state index contributed by atoms with van der Waals surface area (Å²) in [5.74, 6) is 1.76. The van der Waals surface area contributed by atoms with E-state index in [4.69, 9.17) is 9.72 Å². The van der Waals surface area contributed by atoms with Crippen molar-refractivity contribution in [3.63, 3.8) is 0 Å². The third-order valence-electron chi connectivity index (χ3n) is 5.80. The molecule has 0 radical (unpaired) electrons. The van der Waals surface area contributed by atoms with E-state index in [0.29, 0.717) is 23.5 Å². The molecule has 0 amide bonds. The van der Waals surface area contributed by atoms with Gasteiger partial charge >= 0.3 is 0 Å². The van der Waals surface area contributed by atoms with Gasteiger partial charge in [-0.2, -0.15) is 0 Å². The van der Waals surface area contributed by atoms with Crippen molar-refractivity contribution in [1.29, 1.82) is 0 Å². The van der Waals surface area contributed by atoms with Gasteiger partial charge in [0.25, 0.3) is 0 Å². The average molecular weight is 368 g/mol. The van der Waals surface area contributed by atoms with Crippen molar-refractivity contribution in [2.45, 2.75) is 38.3 Å². The maximum atomic E-state index is 10.1. The Morgan fingerprint density at radius 1 is 1.07 bits per heavy atom. The van der Waals surface area contributed by atoms with Crippen LogP contribution in [0, 0.1) is 6.92 Å². The Kier molecular flexibility index (Phi) is 5.27. The molecule has 2 fully saturated rings. The molecule has 1 N–H and O–H groups in total. The molecule has 144 valence electrons. The molecule has 2 aliphatic heterocycles. The molecular formula is C21H28N4O2. The zero-order valence-electron chi connectivity index (χ0n) is 16.1. The number of nitrogens with zero attached hydrogens (tertiary/aromatic N) is 4. The second-order valence-electron chi connectivity index (χ2n) is 7.57. The van der Waals surface area contributed by atoms with Crippen molar-refractivity contribution in [2.24, 2.45) is 0 Å². The summed E-state index contributed by atoms with van der Waals surface area (Å²) in [7, 11) is 1.82. The van der Waals surface area contributed by atoms with E-state index in [1.165, 1.54) is 0 Å². The summed E-state index contributed by atoms with van der Waals surface area (Å²) in [6, 6.07) is 9.93. The van der Waals surface area contributed by atoms with Gasteiger partial charge in [0.2, 0.25) is 0 Å². The number of benzene rings is 1. The summed E-state index contributed by atoms with van der Waals surface area (Å²) in [5.41, 5.74) is 1.60. The molecule has 0 saturated carbocycles. The summed E-state index contributed by atoms with van der Waals surface area (Å²) in [6.45, 7) is 6.18. The van der Waals surface area contributed by atoms with Crippen molar-refractivity contribution in [3.8, 4) is 17.1 Å². The maximum absolute atomic E-state index is 10.1. The lowest BCUT2D eigenvalue weighted by Gasteiger charge is -2.37. The van der Waals surface area contributed by atoms with Gasteiger partial charge in [0.1, 0.15) is 11.6 Å². The van der Waals surface area contributed by atoms with Gasteiger partial charge in [0.05, 0.1) is 11.7 Å². The number of rotatable bonds is 4. The van der Waals surface area contributed by atoms with Crippen LogP contribution in [-0.2, 0) is 4.74 Å². The highest BCUT2D eigenvalue weighted by Crippen LogP contribution is 2.29. The quantitative estimate of drug-likeness (QED) is 0.895. The number of para-hydroxylation sites is 1. The van der Waals surface area contributed by atoms with E-state index < -0.39 is 0 Å². The fourth-order valence-electron chi connectivity index (χ4n) is 4.24. The molecule has 4 rings (SSSR count). The number of aromatic hydroxyl groups is 1. The van der Waals surface area contributed by atoms with Gasteiger partial charge in [-0.1, -0.05) is 12.1 Å². The number of likely N-dealkylation sites (tertiary alicyclic amines) is 1. The SMILES string of the molecule is CO[C@@H]1CCN(C2CCN(c3cc(C)nc(-c4ccccc4O)n3)CC2)C1. The minimum atomic E-state index is 0.217. The van der Waals surface area contributed by atoms with Gasteiger partial charge in [-0.15, -0.1) is 0 Å². The van der Waals surface area contributed by atoms with Crippen molar-refractivity contribution < 1.29 is 9.84 Å². The van der Waals surface area contributed by atoms with E-state index in [0.717, 1.165) is 57.0 Å². The Labute approximate surface area is 160 Å². The third kappa shape index (κ3) is 3.92. The molecular weight excluding hydrogens is 340 g/mol. The molecule has 2 aromatic rings. The van der Waals surface area contributed by atoms with Gasteiger partial charge in [-0.3, -0.25) is 4.90 Å². The highest BCUT2D eigenvalue weighted by atomic mass is 16.5. The van der Waals surface area contributed by atoms with Crippen LogP contribution in [0.25, 0.3) is 11.4 Å². The molecule has 0 spiro atoms. The van der Waals surface area contributed by atoms with Gasteiger partial charge in [0.15, 0.2) is 5.82 Å². The first-order valence-electron chi connectivity index (χ1n) is 9.80. The summed E-state index contributed by atoms with van der Waals surface area (Å²) < 4.78 is 5.51. The van der Waals surface area contributed by atoms with Crippen LogP contribution in [0.2, 0.25) is 0 Å². The van der Waals surface area contributed by atoms with Gasteiger partial charge in [-0.05, 0) is 38.3 Å². The van der Waals surface area contributed by atoms with Crippen molar-refractivity contribution >= 4 is 5.82 Å². The fraction of sp³-hybridized carbons (Fsp3) is 0.524. The van der Waals surface area contributed by atoms with Crippen LogP contribution in [0.4, 0.5) is 5.82 Å². The number of piperidine rings is 1. The molecule has 1 aromatic carbocycles. The first kappa shape index (κ1) is 18.2. The highest BCUT2D eigenvalue weighted by molar-refractivity contribution is 5.65. The Morgan fingerprint density at radius 2 is 1.85 bits per heavy atom. The zero-order valence-corrected chi connectivity index (χ0v) is 16.1. The second kappa shape index (κ2) is 7.82. The average Bonchev–Trinajstić information content (AvgIpc) is 3.17. The molecule has 1 atom stereocenters. The van der Waals surface area contributed by atoms with E-state index >= 15 is 0 Å². The van der Waals surface area contributed by atoms with E-state index in [2.05, 4.69) is 14.8 Å². The molecule has 6 nitrogen and oxygen atoms in total. The van der Waals surface area contributed by atoms with Crippen molar-refractivity contribution in [3.05, 3.63) is 36.0 Å². The molecule has 2 saturated heterocycles. The molecule has 27 heavy (non-hydrogen) atoms. The van der Waals surface area contributed by atoms with E-state index in [9.17, 15) is 5.11 Å². The number of hydrogen-bond donors (Lipinski definition) is 1. The molecule has 0 unspecified atom stereocenters. The van der Waals surface area contributed by atoms with Gasteiger partial charge in [-0.25, -0.2) is 9.97 Å². The van der Waals surface area contributed by atoms with Crippen molar-refractivity contribution in [2.75, 3.05) is 38.2 Å². The number of aryl methyl sites for hydroxylation is 1. The summed E-state index contributed by atoms with van der Waals surface area (Å²) >= 11 is 0. The maximum Gasteiger partial charge on any atom is 0.165 e.